The van der Waals surface area contributed by atoms with Crippen molar-refractivity contribution in [1.82, 2.24) is 4.90 Å². The van der Waals surface area contributed by atoms with Gasteiger partial charge >= 0.3 is 0 Å². The smallest absolute Gasteiger partial charge is 0.0491 e. The summed E-state index contributed by atoms with van der Waals surface area (Å²) < 4.78 is 5.26. The molecular formula is C25H33NO. The molecule has 3 rings (SSSR count). The third-order valence-corrected chi connectivity index (χ3v) is 5.86. The van der Waals surface area contributed by atoms with Crippen LogP contribution in [0.1, 0.15) is 55.9 Å². The zero-order valence-corrected chi connectivity index (χ0v) is 17.4. The molecule has 0 N–H and O–H groups in total. The second-order valence-electron chi connectivity index (χ2n) is 7.78. The highest BCUT2D eigenvalue weighted by molar-refractivity contribution is 5.77. The van der Waals surface area contributed by atoms with Crippen molar-refractivity contribution in [2.45, 2.75) is 58.9 Å². The zero-order chi connectivity index (χ0) is 19.6. The summed E-state index contributed by atoms with van der Waals surface area (Å²) in [5.41, 5.74) is 10.4. The summed E-state index contributed by atoms with van der Waals surface area (Å²) in [7, 11) is 1.78. The minimum atomic E-state index is 0.491. The van der Waals surface area contributed by atoms with E-state index < -0.39 is 0 Å². The third-order valence-electron chi connectivity index (χ3n) is 5.86. The second kappa shape index (κ2) is 8.31. The fourth-order valence-corrected chi connectivity index (χ4v) is 4.32. The monoisotopic (exact) mass is 363 g/mol. The van der Waals surface area contributed by atoms with Crippen LogP contribution in [0.4, 0.5) is 0 Å². The second-order valence-corrected chi connectivity index (χ2v) is 7.78. The van der Waals surface area contributed by atoms with E-state index in [1.165, 1.54) is 33.5 Å². The molecule has 0 saturated carbocycles. The minimum Gasteiger partial charge on any atom is -0.385 e. The lowest BCUT2D eigenvalue weighted by molar-refractivity contribution is 0.195. The molecule has 2 nitrogen and oxygen atoms in total. The first-order valence-corrected chi connectivity index (χ1v) is 10.2. The number of hydrogen-bond donors (Lipinski definition) is 0. The number of fused-ring (bicyclic) bond motifs is 3. The zero-order valence-electron chi connectivity index (χ0n) is 17.4. The van der Waals surface area contributed by atoms with Gasteiger partial charge in [-0.3, -0.25) is 0 Å². The molecule has 0 spiro atoms. The molecule has 2 aliphatic rings. The van der Waals surface area contributed by atoms with E-state index in [1.807, 2.05) is 0 Å². The lowest BCUT2D eigenvalue weighted by atomic mass is 9.83. The van der Waals surface area contributed by atoms with Gasteiger partial charge in [0.2, 0.25) is 0 Å². The first-order chi connectivity index (χ1) is 13.0. The van der Waals surface area contributed by atoms with Gasteiger partial charge in [0.05, 0.1) is 0 Å². The number of hydrogen-bond acceptors (Lipinski definition) is 2. The molecular weight excluding hydrogens is 330 g/mol. The van der Waals surface area contributed by atoms with E-state index in [2.05, 4.69) is 63.2 Å². The number of benzene rings is 1. The van der Waals surface area contributed by atoms with Crippen LogP contribution < -0.4 is 0 Å². The number of ether oxygens (including phenoxy) is 1. The van der Waals surface area contributed by atoms with Crippen LogP contribution in [0.15, 0.2) is 54.3 Å². The maximum absolute atomic E-state index is 5.26. The Hall–Kier alpha value is -2.06. The molecule has 0 saturated heterocycles. The van der Waals surface area contributed by atoms with Crippen molar-refractivity contribution < 1.29 is 4.74 Å². The van der Waals surface area contributed by atoms with Gasteiger partial charge in [0.25, 0.3) is 0 Å². The van der Waals surface area contributed by atoms with E-state index in [9.17, 15) is 0 Å². The van der Waals surface area contributed by atoms with Gasteiger partial charge in [-0.25, -0.2) is 0 Å². The quantitative estimate of drug-likeness (QED) is 0.565. The maximum atomic E-state index is 5.26. The largest absolute Gasteiger partial charge is 0.385 e. The SMILES string of the molecule is C=C(C)C1=CN2C(=CC1=C)c1cc(CC)c(CCCOC)cc1CC2CC. The molecule has 144 valence electrons. The molecule has 1 atom stereocenters. The topological polar surface area (TPSA) is 12.5 Å². The lowest BCUT2D eigenvalue weighted by Crippen LogP contribution is -2.37. The van der Waals surface area contributed by atoms with E-state index in [-0.39, 0.29) is 0 Å². The maximum Gasteiger partial charge on any atom is 0.0491 e. The molecule has 1 aromatic carbocycles. The summed E-state index contributed by atoms with van der Waals surface area (Å²) in [5.74, 6) is 0. The molecule has 0 bridgehead atoms. The van der Waals surface area contributed by atoms with Gasteiger partial charge in [-0.2, -0.15) is 0 Å². The average molecular weight is 364 g/mol. The molecule has 2 aliphatic heterocycles. The number of rotatable bonds is 7. The van der Waals surface area contributed by atoms with E-state index in [0.717, 1.165) is 49.9 Å². The predicted octanol–water partition coefficient (Wildman–Crippen LogP) is 5.84. The van der Waals surface area contributed by atoms with Crippen LogP contribution >= 0.6 is 0 Å². The van der Waals surface area contributed by atoms with Gasteiger partial charge < -0.3 is 9.64 Å². The van der Waals surface area contributed by atoms with Crippen LogP contribution in [-0.2, 0) is 24.0 Å². The Morgan fingerprint density at radius 2 is 2.04 bits per heavy atom. The Kier molecular flexibility index (Phi) is 6.06. The molecule has 0 aromatic heterocycles. The van der Waals surface area contributed by atoms with Gasteiger partial charge in [0.1, 0.15) is 0 Å². The van der Waals surface area contributed by atoms with Crippen molar-refractivity contribution in [3.05, 3.63) is 76.5 Å². The van der Waals surface area contributed by atoms with E-state index in [0.29, 0.717) is 6.04 Å². The molecule has 2 heterocycles. The molecule has 0 fully saturated rings. The van der Waals surface area contributed by atoms with Gasteiger partial charge in [-0.05, 0) is 84.6 Å². The Morgan fingerprint density at radius 3 is 2.67 bits per heavy atom. The number of allylic oxidation sites excluding steroid dienone is 4. The van der Waals surface area contributed by atoms with Crippen LogP contribution in [-0.4, -0.2) is 24.7 Å². The fourth-order valence-electron chi connectivity index (χ4n) is 4.32. The first-order valence-electron chi connectivity index (χ1n) is 10.2. The summed E-state index contributed by atoms with van der Waals surface area (Å²) in [6.45, 7) is 15.9. The van der Waals surface area contributed by atoms with Crippen molar-refractivity contribution in [2.24, 2.45) is 0 Å². The summed E-state index contributed by atoms with van der Waals surface area (Å²) in [5, 5.41) is 0. The number of aryl methyl sites for hydroxylation is 2. The van der Waals surface area contributed by atoms with Gasteiger partial charge in [-0.15, -0.1) is 0 Å². The van der Waals surface area contributed by atoms with E-state index >= 15 is 0 Å². The Balaban J connectivity index is 2.04. The minimum absolute atomic E-state index is 0.491. The molecule has 2 heteroatoms. The fraction of sp³-hybridized carbons (Fsp3) is 0.440. The molecule has 27 heavy (non-hydrogen) atoms. The molecule has 1 aromatic rings. The highest BCUT2D eigenvalue weighted by atomic mass is 16.5. The van der Waals surface area contributed by atoms with Gasteiger partial charge in [-0.1, -0.05) is 33.1 Å². The molecule has 0 radical (unpaired) electrons. The van der Waals surface area contributed by atoms with E-state index in [4.69, 9.17) is 4.74 Å². The van der Waals surface area contributed by atoms with Crippen LogP contribution in [0.2, 0.25) is 0 Å². The van der Waals surface area contributed by atoms with Crippen molar-refractivity contribution in [2.75, 3.05) is 13.7 Å². The normalized spacial score (nSPS) is 18.6. The number of methoxy groups -OCH3 is 1. The van der Waals surface area contributed by atoms with Crippen LogP contribution in [0.25, 0.3) is 5.70 Å². The van der Waals surface area contributed by atoms with Crippen molar-refractivity contribution in [3.63, 3.8) is 0 Å². The average Bonchev–Trinajstić information content (AvgIpc) is 2.66. The summed E-state index contributed by atoms with van der Waals surface area (Å²) in [6.07, 6.45) is 9.98. The third kappa shape index (κ3) is 3.82. The Morgan fingerprint density at radius 1 is 1.26 bits per heavy atom. The molecule has 0 aliphatic carbocycles. The van der Waals surface area contributed by atoms with Crippen molar-refractivity contribution in [3.8, 4) is 0 Å². The molecule has 0 amide bonds. The highest BCUT2D eigenvalue weighted by Gasteiger charge is 2.31. The van der Waals surface area contributed by atoms with Crippen molar-refractivity contribution >= 4 is 5.70 Å². The summed E-state index contributed by atoms with van der Waals surface area (Å²) >= 11 is 0. The first kappa shape index (κ1) is 19.7. The Bertz CT molecular complexity index is 812. The van der Waals surface area contributed by atoms with E-state index in [1.54, 1.807) is 7.11 Å². The number of nitrogens with zero attached hydrogens (tertiary/aromatic N) is 1. The standard InChI is InChI=1S/C25H33NO/c1-7-19-15-23-21(13-20(19)10-9-11-27-6)14-22(8-2)26-16-24(17(3)4)18(5)12-25(23)26/h12-13,15-16,22H,3,5,7-11,14H2,1-2,4,6H3. The summed E-state index contributed by atoms with van der Waals surface area (Å²) in [4.78, 5) is 2.46. The predicted molar refractivity (Wildman–Crippen MR) is 116 cm³/mol. The van der Waals surface area contributed by atoms with Gasteiger partial charge in [0.15, 0.2) is 0 Å². The Labute approximate surface area is 164 Å². The van der Waals surface area contributed by atoms with Gasteiger partial charge in [0, 0.05) is 37.2 Å². The summed E-state index contributed by atoms with van der Waals surface area (Å²) in [6, 6.07) is 5.38. The van der Waals surface area contributed by atoms with Crippen LogP contribution in [0.5, 0.6) is 0 Å². The highest BCUT2D eigenvalue weighted by Crippen LogP contribution is 2.40. The lowest BCUT2D eigenvalue weighted by Gasteiger charge is -2.41. The van der Waals surface area contributed by atoms with Crippen LogP contribution in [0.3, 0.4) is 0 Å². The van der Waals surface area contributed by atoms with Crippen LogP contribution in [0, 0.1) is 0 Å². The van der Waals surface area contributed by atoms with Crippen molar-refractivity contribution in [1.29, 1.82) is 0 Å². The molecule has 1 unspecified atom stereocenters.